The average molecular weight is 430 g/mol. The van der Waals surface area contributed by atoms with E-state index in [2.05, 4.69) is 10.3 Å². The number of fused-ring (bicyclic) bond motifs is 1. The molecule has 0 spiro atoms. The van der Waals surface area contributed by atoms with Crippen LogP contribution in [0.5, 0.6) is 5.75 Å². The van der Waals surface area contributed by atoms with Crippen molar-refractivity contribution in [2.75, 3.05) is 7.11 Å². The molecule has 1 amide bonds. The molecular formula is C24H22N4O4. The quantitative estimate of drug-likeness (QED) is 0.525. The Balaban J connectivity index is 1.78. The molecule has 1 N–H and O–H groups in total. The Bertz CT molecular complexity index is 1410. The summed E-state index contributed by atoms with van der Waals surface area (Å²) in [5.41, 5.74) is 0.842. The van der Waals surface area contributed by atoms with Gasteiger partial charge < -0.3 is 10.1 Å². The number of carbonyl (C=O) groups excluding carboxylic acids is 1. The van der Waals surface area contributed by atoms with Crippen LogP contribution in [0.3, 0.4) is 0 Å². The molecule has 1 atom stereocenters. The Kier molecular flexibility index (Phi) is 5.59. The number of hydrogen-bond donors (Lipinski definition) is 1. The van der Waals surface area contributed by atoms with Crippen LogP contribution in [0.2, 0.25) is 0 Å². The van der Waals surface area contributed by atoms with Gasteiger partial charge in [0.25, 0.3) is 11.5 Å². The summed E-state index contributed by atoms with van der Waals surface area (Å²) in [5.74, 6) is 0.274. The zero-order chi connectivity index (χ0) is 22.8. The number of carbonyl (C=O) groups is 1. The summed E-state index contributed by atoms with van der Waals surface area (Å²) in [6.07, 6.45) is 1.37. The summed E-state index contributed by atoms with van der Waals surface area (Å²) in [4.78, 5) is 42.8. The van der Waals surface area contributed by atoms with Crippen LogP contribution in [0, 0.1) is 0 Å². The molecule has 2 aromatic carbocycles. The summed E-state index contributed by atoms with van der Waals surface area (Å²) in [6, 6.07) is 17.6. The third kappa shape index (κ3) is 3.78. The van der Waals surface area contributed by atoms with E-state index in [1.807, 2.05) is 37.3 Å². The van der Waals surface area contributed by atoms with Gasteiger partial charge in [-0.15, -0.1) is 0 Å². The van der Waals surface area contributed by atoms with Crippen LogP contribution >= 0.6 is 0 Å². The molecule has 0 saturated heterocycles. The fourth-order valence-electron chi connectivity index (χ4n) is 3.49. The van der Waals surface area contributed by atoms with Crippen LogP contribution in [0.15, 0.2) is 76.4 Å². The molecule has 32 heavy (non-hydrogen) atoms. The van der Waals surface area contributed by atoms with Crippen molar-refractivity contribution < 1.29 is 9.53 Å². The molecule has 0 radical (unpaired) electrons. The third-order valence-electron chi connectivity index (χ3n) is 5.33. The molecule has 0 aliphatic rings. The topological polar surface area (TPSA) is 95.2 Å². The molecule has 4 rings (SSSR count). The Labute approximate surface area is 183 Å². The van der Waals surface area contributed by atoms with Gasteiger partial charge in [-0.1, -0.05) is 30.3 Å². The summed E-state index contributed by atoms with van der Waals surface area (Å²) in [5, 5.41) is 3.08. The highest BCUT2D eigenvalue weighted by molar-refractivity contribution is 5.97. The lowest BCUT2D eigenvalue weighted by Gasteiger charge is -2.15. The summed E-state index contributed by atoms with van der Waals surface area (Å²) in [7, 11) is 2.95. The molecule has 8 heteroatoms. The maximum absolute atomic E-state index is 12.9. The predicted octanol–water partition coefficient (Wildman–Crippen LogP) is 2.58. The number of nitrogens with zero attached hydrogens (tertiary/aromatic N) is 3. The Morgan fingerprint density at radius 3 is 2.41 bits per heavy atom. The fraction of sp³-hybridized carbons (Fsp3) is 0.167. The summed E-state index contributed by atoms with van der Waals surface area (Å²) < 4.78 is 7.51. The Hall–Kier alpha value is -4.20. The van der Waals surface area contributed by atoms with Crippen molar-refractivity contribution in [3.63, 3.8) is 0 Å². The van der Waals surface area contributed by atoms with Crippen LogP contribution in [-0.2, 0) is 7.05 Å². The van der Waals surface area contributed by atoms with Gasteiger partial charge in [-0.05, 0) is 42.8 Å². The monoisotopic (exact) mass is 430 g/mol. The third-order valence-corrected chi connectivity index (χ3v) is 5.33. The van der Waals surface area contributed by atoms with E-state index < -0.39 is 11.2 Å². The molecule has 4 aromatic rings. The van der Waals surface area contributed by atoms with E-state index >= 15 is 0 Å². The Morgan fingerprint density at radius 2 is 1.75 bits per heavy atom. The number of benzene rings is 2. The maximum atomic E-state index is 12.9. The number of rotatable bonds is 5. The van der Waals surface area contributed by atoms with Crippen molar-refractivity contribution in [1.82, 2.24) is 19.4 Å². The van der Waals surface area contributed by atoms with Gasteiger partial charge in [0.2, 0.25) is 0 Å². The van der Waals surface area contributed by atoms with E-state index in [4.69, 9.17) is 4.74 Å². The normalized spacial score (nSPS) is 11.8. The van der Waals surface area contributed by atoms with E-state index in [1.54, 1.807) is 31.4 Å². The fourth-order valence-corrected chi connectivity index (χ4v) is 3.49. The highest BCUT2D eigenvalue weighted by Gasteiger charge is 2.17. The first-order chi connectivity index (χ1) is 15.4. The summed E-state index contributed by atoms with van der Waals surface area (Å²) in [6.45, 7) is 1.88. The van der Waals surface area contributed by atoms with Crippen molar-refractivity contribution >= 4 is 16.9 Å². The number of pyridine rings is 1. The van der Waals surface area contributed by atoms with Gasteiger partial charge in [0.05, 0.1) is 29.8 Å². The second-order valence-corrected chi connectivity index (χ2v) is 7.38. The van der Waals surface area contributed by atoms with Crippen molar-refractivity contribution in [3.8, 4) is 11.4 Å². The molecule has 0 bridgehead atoms. The number of methoxy groups -OCH3 is 1. The first-order valence-corrected chi connectivity index (χ1v) is 10.0. The van der Waals surface area contributed by atoms with Crippen molar-refractivity contribution in [3.05, 3.63) is 98.8 Å². The molecule has 0 saturated carbocycles. The minimum atomic E-state index is -0.532. The molecule has 0 aliphatic heterocycles. The highest BCUT2D eigenvalue weighted by Crippen LogP contribution is 2.18. The molecule has 0 fully saturated rings. The van der Waals surface area contributed by atoms with Gasteiger partial charge in [0.1, 0.15) is 5.75 Å². The smallest absolute Gasteiger partial charge is 0.337 e. The van der Waals surface area contributed by atoms with Crippen LogP contribution < -0.4 is 21.3 Å². The first kappa shape index (κ1) is 21.0. The van der Waals surface area contributed by atoms with E-state index in [0.29, 0.717) is 11.4 Å². The van der Waals surface area contributed by atoms with Gasteiger partial charge in [-0.2, -0.15) is 0 Å². The van der Waals surface area contributed by atoms with Gasteiger partial charge >= 0.3 is 5.69 Å². The number of hydrogen-bond acceptors (Lipinski definition) is 5. The lowest BCUT2D eigenvalue weighted by molar-refractivity contribution is 0.0939. The van der Waals surface area contributed by atoms with Gasteiger partial charge in [-0.25, -0.2) is 14.3 Å². The van der Waals surface area contributed by atoms with Crippen LogP contribution in [0.4, 0.5) is 0 Å². The standard InChI is InChI=1S/C24H22N4O4/c1-15(16-7-5-4-6-8-16)26-22(29)17-13-20-21(25-14-17)28(24(31)27(2)23(20)30)18-9-11-19(32-3)12-10-18/h4-15H,1-3H3,(H,26,29)/t15-/m0/s1. The van der Waals surface area contributed by atoms with Crippen molar-refractivity contribution in [1.29, 1.82) is 0 Å². The second-order valence-electron chi connectivity index (χ2n) is 7.38. The van der Waals surface area contributed by atoms with Gasteiger partial charge in [-0.3, -0.25) is 14.2 Å². The predicted molar refractivity (Wildman–Crippen MR) is 121 cm³/mol. The zero-order valence-electron chi connectivity index (χ0n) is 17.9. The molecule has 0 aliphatic carbocycles. The van der Waals surface area contributed by atoms with Crippen LogP contribution in [0.25, 0.3) is 16.7 Å². The zero-order valence-corrected chi connectivity index (χ0v) is 17.9. The number of amides is 1. The summed E-state index contributed by atoms with van der Waals surface area (Å²) >= 11 is 0. The number of aromatic nitrogens is 3. The van der Waals surface area contributed by atoms with Crippen LogP contribution in [-0.4, -0.2) is 27.1 Å². The lowest BCUT2D eigenvalue weighted by atomic mass is 10.1. The van der Waals surface area contributed by atoms with Crippen LogP contribution in [0.1, 0.15) is 28.9 Å². The van der Waals surface area contributed by atoms with Gasteiger partial charge in [0.15, 0.2) is 5.65 Å². The average Bonchev–Trinajstić information content (AvgIpc) is 2.83. The largest absolute Gasteiger partial charge is 0.497 e. The minimum Gasteiger partial charge on any atom is -0.497 e. The van der Waals surface area contributed by atoms with E-state index in [9.17, 15) is 14.4 Å². The highest BCUT2D eigenvalue weighted by atomic mass is 16.5. The van der Waals surface area contributed by atoms with Crippen molar-refractivity contribution in [2.24, 2.45) is 7.05 Å². The molecule has 162 valence electrons. The SMILES string of the molecule is COc1ccc(-n2c(=O)n(C)c(=O)c3cc(C(=O)N[C@@H](C)c4ccccc4)cnc32)cc1. The Morgan fingerprint density at radius 1 is 1.06 bits per heavy atom. The molecule has 2 aromatic heterocycles. The van der Waals surface area contributed by atoms with E-state index in [-0.39, 0.29) is 28.5 Å². The molecule has 8 nitrogen and oxygen atoms in total. The minimum absolute atomic E-state index is 0.169. The van der Waals surface area contributed by atoms with E-state index in [1.165, 1.54) is 23.9 Å². The first-order valence-electron chi connectivity index (χ1n) is 10.0. The molecule has 2 heterocycles. The lowest BCUT2D eigenvalue weighted by Crippen LogP contribution is -2.38. The second kappa shape index (κ2) is 8.50. The van der Waals surface area contributed by atoms with Gasteiger partial charge in [0, 0.05) is 13.2 Å². The number of ether oxygens (including phenoxy) is 1. The number of nitrogens with one attached hydrogen (secondary N) is 1. The molecular weight excluding hydrogens is 408 g/mol. The van der Waals surface area contributed by atoms with Crippen molar-refractivity contribution in [2.45, 2.75) is 13.0 Å². The molecule has 0 unspecified atom stereocenters. The maximum Gasteiger partial charge on any atom is 0.337 e. The van der Waals surface area contributed by atoms with E-state index in [0.717, 1.165) is 10.1 Å².